The number of alkyl halides is 3. The lowest BCUT2D eigenvalue weighted by Gasteiger charge is -2.02. The number of aromatic nitrogens is 3. The zero-order chi connectivity index (χ0) is 8.77. The van der Waals surface area contributed by atoms with Gasteiger partial charge in [0.15, 0.2) is 0 Å². The summed E-state index contributed by atoms with van der Waals surface area (Å²) in [6.07, 6.45) is 1.10. The predicted octanol–water partition coefficient (Wildman–Crippen LogP) is 2.16. The molecule has 0 aromatic carbocycles. The van der Waals surface area contributed by atoms with Gasteiger partial charge in [-0.3, -0.25) is 5.10 Å². The molecule has 1 unspecified atom stereocenters. The van der Waals surface area contributed by atoms with Crippen LogP contribution in [0, 0.1) is 5.92 Å². The van der Waals surface area contributed by atoms with Crippen molar-refractivity contribution in [2.24, 2.45) is 5.92 Å². The van der Waals surface area contributed by atoms with E-state index in [1.54, 1.807) is 0 Å². The minimum atomic E-state index is -2.61. The largest absolute Gasteiger partial charge is 0.262 e. The van der Waals surface area contributed by atoms with E-state index in [9.17, 15) is 8.78 Å². The summed E-state index contributed by atoms with van der Waals surface area (Å²) in [5.74, 6) is -3.08. The van der Waals surface area contributed by atoms with Gasteiger partial charge in [0.2, 0.25) is 0 Å². The lowest BCUT2D eigenvalue weighted by atomic mass is 10.3. The van der Waals surface area contributed by atoms with Gasteiger partial charge in [-0.1, -0.05) is 0 Å². The number of nitrogens with zero attached hydrogens (tertiary/aromatic N) is 2. The number of H-pyrrole nitrogens is 1. The van der Waals surface area contributed by atoms with Crippen molar-refractivity contribution in [3.05, 3.63) is 12.2 Å². The molecule has 2 atom stereocenters. The van der Waals surface area contributed by atoms with Crippen LogP contribution in [0.2, 0.25) is 0 Å². The van der Waals surface area contributed by atoms with Gasteiger partial charge in [0.25, 0.3) is 5.92 Å². The summed E-state index contributed by atoms with van der Waals surface area (Å²) in [6.45, 7) is 0. The molecule has 0 radical (unpaired) electrons. The second-order valence-corrected chi connectivity index (χ2v) is 3.31. The Morgan fingerprint density at radius 3 is 2.69 bits per heavy atom. The van der Waals surface area contributed by atoms with E-state index in [-0.39, 0.29) is 18.8 Å². The molecule has 1 aromatic heterocycles. The molecule has 1 aliphatic rings. The number of nitrogens with one attached hydrogen (secondary N) is 1. The van der Waals surface area contributed by atoms with Crippen molar-refractivity contribution in [1.29, 1.82) is 0 Å². The first-order chi connectivity index (χ1) is 5.61. The third-order valence-electron chi connectivity index (χ3n) is 1.92. The van der Waals surface area contributed by atoms with Crippen molar-refractivity contribution < 1.29 is 8.78 Å². The maximum absolute atomic E-state index is 12.5. The summed E-state index contributed by atoms with van der Waals surface area (Å²) in [4.78, 5) is 3.71. The Hall–Kier alpha value is -0.420. The fraction of sp³-hybridized carbons (Fsp3) is 0.667. The SMILES string of the molecule is Cl.FC1(F)C[C@H]1C(Cl)c1ncn[nH]1. The Kier molecular flexibility index (Phi) is 2.77. The third kappa shape index (κ3) is 1.91. The van der Waals surface area contributed by atoms with Crippen LogP contribution >= 0.6 is 24.0 Å². The van der Waals surface area contributed by atoms with Gasteiger partial charge in [0, 0.05) is 6.42 Å². The predicted molar refractivity (Wildman–Crippen MR) is 45.3 cm³/mol. The number of hydrogen-bond acceptors (Lipinski definition) is 2. The number of hydrogen-bond donors (Lipinski definition) is 1. The summed E-state index contributed by atoms with van der Waals surface area (Å²) >= 11 is 5.72. The Labute approximate surface area is 84.3 Å². The van der Waals surface area contributed by atoms with Crippen molar-refractivity contribution in [3.8, 4) is 0 Å². The van der Waals surface area contributed by atoms with Crippen molar-refractivity contribution >= 4 is 24.0 Å². The van der Waals surface area contributed by atoms with Crippen LogP contribution in [0.1, 0.15) is 17.6 Å². The van der Waals surface area contributed by atoms with Gasteiger partial charge in [-0.15, -0.1) is 24.0 Å². The minimum Gasteiger partial charge on any atom is -0.262 e. The van der Waals surface area contributed by atoms with E-state index in [1.165, 1.54) is 6.33 Å². The molecule has 0 amide bonds. The highest BCUT2D eigenvalue weighted by atomic mass is 35.5. The molecule has 13 heavy (non-hydrogen) atoms. The zero-order valence-electron chi connectivity index (χ0n) is 6.38. The third-order valence-corrected chi connectivity index (χ3v) is 2.43. The molecule has 0 spiro atoms. The monoisotopic (exact) mass is 229 g/mol. The summed E-state index contributed by atoms with van der Waals surface area (Å²) in [7, 11) is 0. The Morgan fingerprint density at radius 1 is 1.69 bits per heavy atom. The molecule has 0 aliphatic heterocycles. The lowest BCUT2D eigenvalue weighted by Crippen LogP contribution is -2.02. The number of halogens is 4. The molecule has 1 aliphatic carbocycles. The van der Waals surface area contributed by atoms with Crippen LogP contribution in [-0.2, 0) is 0 Å². The summed E-state index contributed by atoms with van der Waals surface area (Å²) in [5, 5.41) is 5.26. The summed E-state index contributed by atoms with van der Waals surface area (Å²) in [6, 6.07) is 0. The van der Waals surface area contributed by atoms with Crippen molar-refractivity contribution in [3.63, 3.8) is 0 Å². The Morgan fingerprint density at radius 2 is 2.31 bits per heavy atom. The summed E-state index contributed by atoms with van der Waals surface area (Å²) in [5.41, 5.74) is 0. The lowest BCUT2D eigenvalue weighted by molar-refractivity contribution is 0.0974. The highest BCUT2D eigenvalue weighted by Crippen LogP contribution is 2.56. The molecule has 0 saturated heterocycles. The fourth-order valence-electron chi connectivity index (χ4n) is 1.09. The van der Waals surface area contributed by atoms with Gasteiger partial charge in [0.05, 0.1) is 5.92 Å². The topological polar surface area (TPSA) is 41.6 Å². The Bertz CT molecular complexity index is 277. The van der Waals surface area contributed by atoms with Crippen LogP contribution in [-0.4, -0.2) is 21.1 Å². The van der Waals surface area contributed by atoms with E-state index in [0.717, 1.165) is 0 Å². The van der Waals surface area contributed by atoms with E-state index in [0.29, 0.717) is 5.82 Å². The molecule has 1 heterocycles. The molecule has 3 nitrogen and oxygen atoms in total. The van der Waals surface area contributed by atoms with Crippen LogP contribution < -0.4 is 0 Å². The van der Waals surface area contributed by atoms with Gasteiger partial charge in [0.1, 0.15) is 17.5 Å². The van der Waals surface area contributed by atoms with Gasteiger partial charge in [-0.25, -0.2) is 13.8 Å². The maximum Gasteiger partial charge on any atom is 0.253 e. The van der Waals surface area contributed by atoms with Crippen molar-refractivity contribution in [1.82, 2.24) is 15.2 Å². The highest BCUT2D eigenvalue weighted by molar-refractivity contribution is 6.20. The average molecular weight is 230 g/mol. The van der Waals surface area contributed by atoms with E-state index in [1.807, 2.05) is 0 Å². The number of rotatable bonds is 2. The van der Waals surface area contributed by atoms with Crippen LogP contribution in [0.4, 0.5) is 8.78 Å². The maximum atomic E-state index is 12.5. The van der Waals surface area contributed by atoms with E-state index in [2.05, 4.69) is 15.2 Å². The average Bonchev–Trinajstić information content (AvgIpc) is 2.56. The second kappa shape index (κ2) is 3.38. The minimum absolute atomic E-state index is 0. The van der Waals surface area contributed by atoms with Crippen molar-refractivity contribution in [2.45, 2.75) is 17.7 Å². The van der Waals surface area contributed by atoms with E-state index >= 15 is 0 Å². The van der Waals surface area contributed by atoms with Gasteiger partial charge in [-0.2, -0.15) is 5.10 Å². The smallest absolute Gasteiger partial charge is 0.253 e. The van der Waals surface area contributed by atoms with E-state index in [4.69, 9.17) is 11.6 Å². The van der Waals surface area contributed by atoms with Gasteiger partial charge >= 0.3 is 0 Å². The van der Waals surface area contributed by atoms with Gasteiger partial charge < -0.3 is 0 Å². The molecule has 74 valence electrons. The van der Waals surface area contributed by atoms with Crippen LogP contribution in [0.5, 0.6) is 0 Å². The molecule has 1 aromatic rings. The van der Waals surface area contributed by atoms with E-state index < -0.39 is 17.2 Å². The molecular weight excluding hydrogens is 223 g/mol. The molecule has 2 rings (SSSR count). The molecule has 1 N–H and O–H groups in total. The first-order valence-corrected chi connectivity index (χ1v) is 3.92. The Balaban J connectivity index is 0.000000845. The van der Waals surface area contributed by atoms with Gasteiger partial charge in [-0.05, 0) is 0 Å². The van der Waals surface area contributed by atoms with Crippen LogP contribution in [0.15, 0.2) is 6.33 Å². The first-order valence-electron chi connectivity index (χ1n) is 3.48. The normalized spacial score (nSPS) is 26.2. The zero-order valence-corrected chi connectivity index (χ0v) is 7.95. The quantitative estimate of drug-likeness (QED) is 0.791. The molecule has 0 bridgehead atoms. The standard InChI is InChI=1S/C6H6ClF2N3.ClH/c7-4(3-1-6(3,8)9)5-10-2-11-12-5;/h2-4H,1H2,(H,10,11,12);1H/t3-,4?;/m0./s1. The molecule has 1 saturated carbocycles. The molecule has 1 fully saturated rings. The number of aromatic amines is 1. The second-order valence-electron chi connectivity index (χ2n) is 2.84. The molecular formula is C6H7Cl2F2N3. The summed E-state index contributed by atoms with van der Waals surface area (Å²) < 4.78 is 25.0. The van der Waals surface area contributed by atoms with Crippen LogP contribution in [0.25, 0.3) is 0 Å². The van der Waals surface area contributed by atoms with Crippen LogP contribution in [0.3, 0.4) is 0 Å². The highest BCUT2D eigenvalue weighted by Gasteiger charge is 2.61. The fourth-order valence-corrected chi connectivity index (χ4v) is 1.47. The molecule has 7 heteroatoms. The van der Waals surface area contributed by atoms with Crippen molar-refractivity contribution in [2.75, 3.05) is 0 Å². The first kappa shape index (κ1) is 10.7.